The molecule has 6 heteroatoms. The van der Waals surface area contributed by atoms with Crippen molar-refractivity contribution < 1.29 is 17.9 Å². The Kier molecular flexibility index (Phi) is 2.94. The molecule has 2 N–H and O–H groups in total. The third kappa shape index (κ3) is 2.80. The molecule has 0 saturated carbocycles. The van der Waals surface area contributed by atoms with E-state index in [0.717, 1.165) is 0 Å². The first kappa shape index (κ1) is 11.2. The fourth-order valence-corrected chi connectivity index (χ4v) is 1.60. The average Bonchev–Trinajstić information content (AvgIpc) is 1.95. The number of hydrogen-bond donors (Lipinski definition) is 1. The van der Waals surface area contributed by atoms with Gasteiger partial charge in [0.1, 0.15) is 0 Å². The second-order valence-electron chi connectivity index (χ2n) is 2.69. The minimum atomic E-state index is -4.72. The Morgan fingerprint density at radius 2 is 1.93 bits per heavy atom. The summed E-state index contributed by atoms with van der Waals surface area (Å²) >= 11 is 3.11. The van der Waals surface area contributed by atoms with Crippen molar-refractivity contribution in [2.45, 2.75) is 13.3 Å². The fraction of sp³-hybridized carbons (Fsp3) is 0.250. The number of nitrogen functional groups attached to an aromatic ring is 1. The predicted octanol–water partition coefficient (Wildman–Crippen LogP) is 3.24. The molecule has 0 aliphatic carbocycles. The lowest BCUT2D eigenvalue weighted by Gasteiger charge is -2.13. The van der Waals surface area contributed by atoms with E-state index < -0.39 is 6.36 Å². The fourth-order valence-electron chi connectivity index (χ4n) is 1.01. The van der Waals surface area contributed by atoms with Crippen LogP contribution >= 0.6 is 15.9 Å². The molecule has 1 rings (SSSR count). The number of aryl methyl sites for hydroxylation is 1. The number of hydrogen-bond acceptors (Lipinski definition) is 2. The lowest BCUT2D eigenvalue weighted by molar-refractivity contribution is -0.274. The number of anilines is 1. The van der Waals surface area contributed by atoms with Gasteiger partial charge in [-0.25, -0.2) is 0 Å². The largest absolute Gasteiger partial charge is 0.573 e. The third-order valence-corrected chi connectivity index (χ3v) is 1.94. The van der Waals surface area contributed by atoms with Gasteiger partial charge in [-0.05, 0) is 24.6 Å². The molecule has 14 heavy (non-hydrogen) atoms. The molecule has 0 aliphatic heterocycles. The molecule has 0 saturated heterocycles. The van der Waals surface area contributed by atoms with E-state index >= 15 is 0 Å². The standard InChI is InChI=1S/C8H7BrF3NO/c1-4-2-5(9)3-6(13)7(4)14-8(10,11)12/h2-3H,13H2,1H3. The Bertz CT molecular complexity index is 328. The van der Waals surface area contributed by atoms with Gasteiger partial charge < -0.3 is 10.5 Å². The summed E-state index contributed by atoms with van der Waals surface area (Å²) in [5, 5.41) is 0. The molecular weight excluding hydrogens is 263 g/mol. The molecule has 0 radical (unpaired) electrons. The predicted molar refractivity (Wildman–Crippen MR) is 50.0 cm³/mol. The van der Waals surface area contributed by atoms with E-state index in [1.165, 1.54) is 19.1 Å². The SMILES string of the molecule is Cc1cc(Br)cc(N)c1OC(F)(F)F. The van der Waals surface area contributed by atoms with Gasteiger partial charge >= 0.3 is 6.36 Å². The number of alkyl halides is 3. The van der Waals surface area contributed by atoms with Gasteiger partial charge in [0.25, 0.3) is 0 Å². The lowest BCUT2D eigenvalue weighted by Crippen LogP contribution is -2.18. The maximum absolute atomic E-state index is 11.9. The van der Waals surface area contributed by atoms with E-state index in [2.05, 4.69) is 20.7 Å². The summed E-state index contributed by atoms with van der Waals surface area (Å²) in [6.07, 6.45) is -4.72. The zero-order valence-corrected chi connectivity index (χ0v) is 8.74. The summed E-state index contributed by atoms with van der Waals surface area (Å²) < 4.78 is 40.1. The Balaban J connectivity index is 3.09. The Morgan fingerprint density at radius 1 is 1.36 bits per heavy atom. The molecule has 0 aromatic heterocycles. The van der Waals surface area contributed by atoms with Crippen molar-refractivity contribution in [2.75, 3.05) is 5.73 Å². The summed E-state index contributed by atoms with van der Waals surface area (Å²) in [5.74, 6) is -0.347. The topological polar surface area (TPSA) is 35.2 Å². The summed E-state index contributed by atoms with van der Waals surface area (Å²) in [6, 6.07) is 2.85. The van der Waals surface area contributed by atoms with Crippen LogP contribution in [-0.4, -0.2) is 6.36 Å². The van der Waals surface area contributed by atoms with Crippen LogP contribution in [0.5, 0.6) is 5.75 Å². The maximum Gasteiger partial charge on any atom is 0.573 e. The van der Waals surface area contributed by atoms with Gasteiger partial charge in [-0.15, -0.1) is 13.2 Å². The van der Waals surface area contributed by atoms with Crippen LogP contribution in [-0.2, 0) is 0 Å². The molecule has 0 amide bonds. The molecule has 0 spiro atoms. The van der Waals surface area contributed by atoms with Crippen LogP contribution in [0.3, 0.4) is 0 Å². The van der Waals surface area contributed by atoms with E-state index in [4.69, 9.17) is 5.73 Å². The average molecular weight is 270 g/mol. The minimum Gasteiger partial charge on any atom is -0.403 e. The Labute approximate surface area is 87.0 Å². The number of nitrogens with two attached hydrogens (primary N) is 1. The van der Waals surface area contributed by atoms with E-state index in [-0.39, 0.29) is 11.4 Å². The highest BCUT2D eigenvalue weighted by atomic mass is 79.9. The van der Waals surface area contributed by atoms with Crippen LogP contribution in [0.1, 0.15) is 5.56 Å². The van der Waals surface area contributed by atoms with Crippen molar-refractivity contribution in [1.29, 1.82) is 0 Å². The molecule has 0 heterocycles. The first-order chi connectivity index (χ1) is 6.29. The lowest BCUT2D eigenvalue weighted by atomic mass is 10.2. The molecule has 0 unspecified atom stereocenters. The van der Waals surface area contributed by atoms with E-state index in [1.807, 2.05) is 0 Å². The van der Waals surface area contributed by atoms with Crippen molar-refractivity contribution in [3.8, 4) is 5.75 Å². The zero-order valence-electron chi connectivity index (χ0n) is 7.15. The normalized spacial score (nSPS) is 11.5. The summed E-state index contributed by atoms with van der Waals surface area (Å²) in [6.45, 7) is 1.49. The van der Waals surface area contributed by atoms with Crippen molar-refractivity contribution in [3.05, 3.63) is 22.2 Å². The van der Waals surface area contributed by atoms with Gasteiger partial charge in [0.05, 0.1) is 5.69 Å². The highest BCUT2D eigenvalue weighted by molar-refractivity contribution is 9.10. The first-order valence-electron chi connectivity index (χ1n) is 3.61. The Morgan fingerprint density at radius 3 is 2.36 bits per heavy atom. The molecule has 1 aromatic rings. The van der Waals surface area contributed by atoms with Gasteiger partial charge in [-0.1, -0.05) is 15.9 Å². The van der Waals surface area contributed by atoms with Gasteiger partial charge in [0, 0.05) is 4.47 Å². The van der Waals surface area contributed by atoms with Crippen molar-refractivity contribution in [1.82, 2.24) is 0 Å². The summed E-state index contributed by atoms with van der Waals surface area (Å²) in [7, 11) is 0. The minimum absolute atomic E-state index is 0.0470. The number of rotatable bonds is 1. The molecule has 1 aromatic carbocycles. The first-order valence-corrected chi connectivity index (χ1v) is 4.40. The summed E-state index contributed by atoms with van der Waals surface area (Å²) in [5.41, 5.74) is 5.66. The molecule has 0 aliphatic rings. The van der Waals surface area contributed by atoms with Gasteiger partial charge in [-0.2, -0.15) is 0 Å². The number of halogens is 4. The second kappa shape index (κ2) is 3.68. The molecule has 0 fully saturated rings. The highest BCUT2D eigenvalue weighted by Crippen LogP contribution is 2.33. The van der Waals surface area contributed by atoms with Gasteiger partial charge in [0.15, 0.2) is 5.75 Å². The Hall–Kier alpha value is -0.910. The number of benzene rings is 1. The monoisotopic (exact) mass is 269 g/mol. The summed E-state index contributed by atoms with van der Waals surface area (Å²) in [4.78, 5) is 0. The van der Waals surface area contributed by atoms with Crippen molar-refractivity contribution in [2.24, 2.45) is 0 Å². The highest BCUT2D eigenvalue weighted by Gasteiger charge is 2.32. The van der Waals surface area contributed by atoms with Crippen LogP contribution in [0, 0.1) is 6.92 Å². The maximum atomic E-state index is 11.9. The van der Waals surface area contributed by atoms with E-state index in [0.29, 0.717) is 10.0 Å². The van der Waals surface area contributed by atoms with Crippen molar-refractivity contribution >= 4 is 21.6 Å². The van der Waals surface area contributed by atoms with Crippen LogP contribution in [0.25, 0.3) is 0 Å². The third-order valence-electron chi connectivity index (χ3n) is 1.49. The van der Waals surface area contributed by atoms with Crippen LogP contribution in [0.2, 0.25) is 0 Å². The molecule has 78 valence electrons. The second-order valence-corrected chi connectivity index (χ2v) is 3.60. The van der Waals surface area contributed by atoms with Gasteiger partial charge in [0.2, 0.25) is 0 Å². The van der Waals surface area contributed by atoms with Crippen LogP contribution < -0.4 is 10.5 Å². The van der Waals surface area contributed by atoms with Crippen LogP contribution in [0.4, 0.5) is 18.9 Å². The van der Waals surface area contributed by atoms with E-state index in [1.54, 1.807) is 0 Å². The zero-order chi connectivity index (χ0) is 10.9. The van der Waals surface area contributed by atoms with E-state index in [9.17, 15) is 13.2 Å². The van der Waals surface area contributed by atoms with Gasteiger partial charge in [-0.3, -0.25) is 0 Å². The van der Waals surface area contributed by atoms with Crippen molar-refractivity contribution in [3.63, 3.8) is 0 Å². The molecule has 2 nitrogen and oxygen atoms in total. The quantitative estimate of drug-likeness (QED) is 0.795. The molecule has 0 bridgehead atoms. The van der Waals surface area contributed by atoms with Crippen LogP contribution in [0.15, 0.2) is 16.6 Å². The smallest absolute Gasteiger partial charge is 0.403 e. The number of ether oxygens (including phenoxy) is 1. The molecule has 0 atom stereocenters. The molecular formula is C8H7BrF3NO.